The molecular weight excluding hydrogens is 353 g/mol. The number of fused-ring (bicyclic) bond motifs is 2. The molecule has 2 aliphatic heterocycles. The first-order valence-corrected chi connectivity index (χ1v) is 9.85. The van der Waals surface area contributed by atoms with Crippen LogP contribution in [0, 0.1) is 17.7 Å². The molecule has 2 aromatic carbocycles. The summed E-state index contributed by atoms with van der Waals surface area (Å²) in [5.41, 5.74) is 3.41. The first-order valence-electron chi connectivity index (χ1n) is 9.85. The second kappa shape index (κ2) is 7.06. The third-order valence-electron chi connectivity index (χ3n) is 6.13. The second-order valence-electron chi connectivity index (χ2n) is 7.95. The maximum absolute atomic E-state index is 13.5. The maximum atomic E-state index is 13.5. The summed E-state index contributed by atoms with van der Waals surface area (Å²) in [5, 5.41) is 0. The third kappa shape index (κ3) is 3.20. The molecule has 3 heterocycles. The molecule has 5 rings (SSSR count). The quantitative estimate of drug-likeness (QED) is 0.688. The summed E-state index contributed by atoms with van der Waals surface area (Å²) in [5.74, 6) is 3.14. The van der Waals surface area contributed by atoms with Crippen molar-refractivity contribution < 1.29 is 9.13 Å². The molecular formula is C23H24FN3O. The van der Waals surface area contributed by atoms with E-state index in [2.05, 4.69) is 21.6 Å². The standard InChI is InChI=1S/C23H24FN3O/c1-28-21-7-5-17(6-8-21)22-11-25-23-10-18-13-26(14-19(18)15-27(22)23)12-16-3-2-4-20(24)9-16/h2-9,11,18-19H,10,12-15H2,1H3. The highest BCUT2D eigenvalue weighted by atomic mass is 19.1. The number of nitrogens with zero attached hydrogens (tertiary/aromatic N) is 3. The molecule has 2 aliphatic rings. The highest BCUT2D eigenvalue weighted by Gasteiger charge is 2.37. The first kappa shape index (κ1) is 17.4. The van der Waals surface area contributed by atoms with Gasteiger partial charge in [0.2, 0.25) is 0 Å². The highest BCUT2D eigenvalue weighted by molar-refractivity contribution is 5.60. The van der Waals surface area contributed by atoms with Gasteiger partial charge in [-0.05, 0) is 53.8 Å². The minimum absolute atomic E-state index is 0.154. The van der Waals surface area contributed by atoms with E-state index in [-0.39, 0.29) is 5.82 Å². The smallest absolute Gasteiger partial charge is 0.123 e. The number of methoxy groups -OCH3 is 1. The maximum Gasteiger partial charge on any atom is 0.123 e. The number of rotatable bonds is 4. The van der Waals surface area contributed by atoms with Crippen LogP contribution in [-0.4, -0.2) is 34.7 Å². The number of halogens is 1. The molecule has 144 valence electrons. The summed E-state index contributed by atoms with van der Waals surface area (Å²) in [4.78, 5) is 7.18. The lowest BCUT2D eigenvalue weighted by Gasteiger charge is -2.27. The fourth-order valence-electron chi connectivity index (χ4n) is 4.74. The molecule has 3 aromatic rings. The first-order chi connectivity index (χ1) is 13.7. The van der Waals surface area contributed by atoms with Crippen LogP contribution in [0.5, 0.6) is 5.75 Å². The largest absolute Gasteiger partial charge is 0.497 e. The van der Waals surface area contributed by atoms with Gasteiger partial charge in [0.25, 0.3) is 0 Å². The van der Waals surface area contributed by atoms with Crippen LogP contribution in [0.2, 0.25) is 0 Å². The topological polar surface area (TPSA) is 30.3 Å². The lowest BCUT2D eigenvalue weighted by molar-refractivity contribution is 0.306. The van der Waals surface area contributed by atoms with E-state index in [1.165, 1.54) is 23.1 Å². The van der Waals surface area contributed by atoms with Crippen LogP contribution in [0.4, 0.5) is 4.39 Å². The summed E-state index contributed by atoms with van der Waals surface area (Å²) in [7, 11) is 1.69. The number of likely N-dealkylation sites (tertiary alicyclic amines) is 1. The Bertz CT molecular complexity index is 982. The zero-order chi connectivity index (χ0) is 19.1. The number of imidazole rings is 1. The van der Waals surface area contributed by atoms with E-state index < -0.39 is 0 Å². The van der Waals surface area contributed by atoms with Crippen LogP contribution < -0.4 is 4.74 Å². The fraction of sp³-hybridized carbons (Fsp3) is 0.348. The lowest BCUT2D eigenvalue weighted by atomic mass is 9.89. The van der Waals surface area contributed by atoms with Crippen molar-refractivity contribution in [3.8, 4) is 17.0 Å². The van der Waals surface area contributed by atoms with E-state index in [1.807, 2.05) is 24.4 Å². The number of hydrogen-bond acceptors (Lipinski definition) is 3. The molecule has 28 heavy (non-hydrogen) atoms. The number of benzene rings is 2. The Kier molecular flexibility index (Phi) is 4.40. The summed E-state index contributed by atoms with van der Waals surface area (Å²) >= 11 is 0. The van der Waals surface area contributed by atoms with E-state index in [4.69, 9.17) is 9.72 Å². The van der Waals surface area contributed by atoms with Crippen molar-refractivity contribution >= 4 is 0 Å². The molecule has 0 saturated carbocycles. The Morgan fingerprint density at radius 3 is 2.68 bits per heavy atom. The van der Waals surface area contributed by atoms with Crippen LogP contribution in [0.15, 0.2) is 54.7 Å². The van der Waals surface area contributed by atoms with Crippen molar-refractivity contribution in [2.45, 2.75) is 19.5 Å². The summed E-state index contributed by atoms with van der Waals surface area (Å²) < 4.78 is 21.1. The molecule has 2 atom stereocenters. The van der Waals surface area contributed by atoms with Crippen LogP contribution in [0.1, 0.15) is 11.4 Å². The van der Waals surface area contributed by atoms with E-state index in [0.717, 1.165) is 43.9 Å². The van der Waals surface area contributed by atoms with Crippen molar-refractivity contribution in [3.63, 3.8) is 0 Å². The Morgan fingerprint density at radius 1 is 1.07 bits per heavy atom. The monoisotopic (exact) mass is 377 g/mol. The molecule has 0 bridgehead atoms. The average Bonchev–Trinajstić information content (AvgIpc) is 3.28. The van der Waals surface area contributed by atoms with Crippen LogP contribution >= 0.6 is 0 Å². The van der Waals surface area contributed by atoms with Crippen molar-refractivity contribution in [1.29, 1.82) is 0 Å². The van der Waals surface area contributed by atoms with Gasteiger partial charge in [-0.3, -0.25) is 4.90 Å². The summed E-state index contributed by atoms with van der Waals surface area (Å²) in [6, 6.07) is 15.2. The second-order valence-corrected chi connectivity index (χ2v) is 7.95. The number of ether oxygens (including phenoxy) is 1. The third-order valence-corrected chi connectivity index (χ3v) is 6.13. The Hall–Kier alpha value is -2.66. The van der Waals surface area contributed by atoms with Gasteiger partial charge in [-0.25, -0.2) is 9.37 Å². The Labute approximate surface area is 164 Å². The Balaban J connectivity index is 1.33. The van der Waals surface area contributed by atoms with Crippen molar-refractivity contribution in [2.24, 2.45) is 11.8 Å². The number of aromatic nitrogens is 2. The highest BCUT2D eigenvalue weighted by Crippen LogP contribution is 2.36. The van der Waals surface area contributed by atoms with Gasteiger partial charge in [0.15, 0.2) is 0 Å². The lowest BCUT2D eigenvalue weighted by Crippen LogP contribution is -2.28. The van der Waals surface area contributed by atoms with E-state index in [1.54, 1.807) is 19.2 Å². The van der Waals surface area contributed by atoms with Gasteiger partial charge in [-0.15, -0.1) is 0 Å². The van der Waals surface area contributed by atoms with Gasteiger partial charge in [-0.2, -0.15) is 0 Å². The van der Waals surface area contributed by atoms with Gasteiger partial charge in [0, 0.05) is 38.2 Å². The number of hydrogen-bond donors (Lipinski definition) is 0. The van der Waals surface area contributed by atoms with Gasteiger partial charge < -0.3 is 9.30 Å². The van der Waals surface area contributed by atoms with Gasteiger partial charge >= 0.3 is 0 Å². The minimum Gasteiger partial charge on any atom is -0.497 e. The predicted molar refractivity (Wildman–Crippen MR) is 107 cm³/mol. The van der Waals surface area contributed by atoms with Crippen molar-refractivity contribution in [2.75, 3.05) is 20.2 Å². The molecule has 4 nitrogen and oxygen atoms in total. The molecule has 1 saturated heterocycles. The zero-order valence-electron chi connectivity index (χ0n) is 16.0. The van der Waals surface area contributed by atoms with Crippen molar-refractivity contribution in [3.05, 3.63) is 71.9 Å². The average molecular weight is 377 g/mol. The molecule has 5 heteroatoms. The molecule has 1 aromatic heterocycles. The minimum atomic E-state index is -0.154. The summed E-state index contributed by atoms with van der Waals surface area (Å²) in [6.07, 6.45) is 3.02. The van der Waals surface area contributed by atoms with Crippen LogP contribution in [0.3, 0.4) is 0 Å². The van der Waals surface area contributed by atoms with Crippen molar-refractivity contribution in [1.82, 2.24) is 14.5 Å². The van der Waals surface area contributed by atoms with Gasteiger partial charge in [-0.1, -0.05) is 12.1 Å². The summed E-state index contributed by atoms with van der Waals surface area (Å²) in [6.45, 7) is 3.94. The molecule has 0 N–H and O–H groups in total. The normalized spacial score (nSPS) is 21.4. The van der Waals surface area contributed by atoms with Gasteiger partial charge in [0.05, 0.1) is 19.0 Å². The van der Waals surface area contributed by atoms with E-state index in [0.29, 0.717) is 11.8 Å². The molecule has 0 aliphatic carbocycles. The van der Waals surface area contributed by atoms with E-state index in [9.17, 15) is 4.39 Å². The predicted octanol–water partition coefficient (Wildman–Crippen LogP) is 4.00. The molecule has 0 spiro atoms. The molecule has 1 fully saturated rings. The Morgan fingerprint density at radius 2 is 1.89 bits per heavy atom. The van der Waals surface area contributed by atoms with E-state index >= 15 is 0 Å². The molecule has 2 unspecified atom stereocenters. The van der Waals surface area contributed by atoms with Crippen LogP contribution in [0.25, 0.3) is 11.3 Å². The molecule has 0 radical (unpaired) electrons. The fourth-order valence-corrected chi connectivity index (χ4v) is 4.74. The van der Waals surface area contributed by atoms with Gasteiger partial charge in [0.1, 0.15) is 17.4 Å². The SMILES string of the molecule is COc1ccc(-c2cnc3n2CC2CN(Cc4cccc(F)c4)CC2C3)cc1. The molecule has 0 amide bonds. The van der Waals surface area contributed by atoms with Crippen LogP contribution in [-0.2, 0) is 19.5 Å². The zero-order valence-corrected chi connectivity index (χ0v) is 16.0.